The van der Waals surface area contributed by atoms with E-state index in [0.717, 1.165) is 18.2 Å². The summed E-state index contributed by atoms with van der Waals surface area (Å²) in [6, 6.07) is 6.91. The van der Waals surface area contributed by atoms with Gasteiger partial charge < -0.3 is 10.2 Å². The molecule has 1 aliphatic heterocycles. The SMILES string of the molecule is N#Cc1ccnc(N2CCC(c3ccc(F)cc3)C(NC(=O)C(F)(F)F)C2)c1[N+](=O)[O-]. The minimum atomic E-state index is -5.12. The van der Waals surface area contributed by atoms with Crippen molar-refractivity contribution in [1.82, 2.24) is 10.3 Å². The fourth-order valence-corrected chi connectivity index (χ4v) is 3.59. The van der Waals surface area contributed by atoms with Crippen molar-refractivity contribution in [3.8, 4) is 6.07 Å². The Kier molecular flexibility index (Phi) is 6.05. The predicted octanol–water partition coefficient (Wildman–Crippen LogP) is 3.04. The third-order valence-corrected chi connectivity index (χ3v) is 4.99. The highest BCUT2D eigenvalue weighted by molar-refractivity contribution is 5.82. The highest BCUT2D eigenvalue weighted by atomic mass is 19.4. The molecule has 1 N–H and O–H groups in total. The molecule has 1 aliphatic rings. The molecule has 1 fully saturated rings. The van der Waals surface area contributed by atoms with Crippen molar-refractivity contribution in [1.29, 1.82) is 5.26 Å². The molecule has 1 saturated heterocycles. The fraction of sp³-hybridized carbons (Fsp3) is 0.316. The molecular weight excluding hydrogens is 422 g/mol. The van der Waals surface area contributed by atoms with E-state index in [2.05, 4.69) is 4.98 Å². The number of rotatable bonds is 4. The minimum absolute atomic E-state index is 0.156. The summed E-state index contributed by atoms with van der Waals surface area (Å²) in [6.45, 7) is -0.0737. The number of alkyl halides is 3. The fourth-order valence-electron chi connectivity index (χ4n) is 3.59. The van der Waals surface area contributed by atoms with Crippen molar-refractivity contribution in [3.63, 3.8) is 0 Å². The third-order valence-electron chi connectivity index (χ3n) is 4.99. The smallest absolute Gasteiger partial charge is 0.349 e. The van der Waals surface area contributed by atoms with Crippen LogP contribution in [0.1, 0.15) is 23.5 Å². The molecule has 31 heavy (non-hydrogen) atoms. The summed E-state index contributed by atoms with van der Waals surface area (Å²) in [5.41, 5.74) is -0.292. The molecule has 1 aromatic carbocycles. The average Bonchev–Trinajstić information content (AvgIpc) is 2.73. The Balaban J connectivity index is 1.96. The lowest BCUT2D eigenvalue weighted by Gasteiger charge is -2.39. The Morgan fingerprint density at radius 2 is 1.97 bits per heavy atom. The number of amides is 1. The molecule has 2 aromatic rings. The van der Waals surface area contributed by atoms with Gasteiger partial charge in [0.2, 0.25) is 5.82 Å². The van der Waals surface area contributed by atoms with Crippen LogP contribution in [0.15, 0.2) is 36.5 Å². The maximum absolute atomic E-state index is 13.3. The second-order valence-electron chi connectivity index (χ2n) is 6.87. The van der Waals surface area contributed by atoms with Crippen molar-refractivity contribution >= 4 is 17.4 Å². The van der Waals surface area contributed by atoms with E-state index < -0.39 is 40.5 Å². The number of pyridine rings is 1. The Labute approximate surface area is 173 Å². The topological polar surface area (TPSA) is 112 Å². The number of hydrogen-bond acceptors (Lipinski definition) is 6. The lowest BCUT2D eigenvalue weighted by molar-refractivity contribution is -0.384. The van der Waals surface area contributed by atoms with Gasteiger partial charge in [0.1, 0.15) is 17.4 Å². The van der Waals surface area contributed by atoms with E-state index >= 15 is 0 Å². The van der Waals surface area contributed by atoms with Crippen LogP contribution in [0.5, 0.6) is 0 Å². The monoisotopic (exact) mass is 437 g/mol. The number of nitrogens with zero attached hydrogens (tertiary/aromatic N) is 4. The molecule has 8 nitrogen and oxygen atoms in total. The van der Waals surface area contributed by atoms with E-state index in [1.165, 1.54) is 23.2 Å². The second-order valence-corrected chi connectivity index (χ2v) is 6.87. The Morgan fingerprint density at radius 3 is 2.55 bits per heavy atom. The van der Waals surface area contributed by atoms with Gasteiger partial charge in [-0.1, -0.05) is 12.1 Å². The molecule has 1 aromatic heterocycles. The number of piperidine rings is 1. The molecule has 2 atom stereocenters. The Hall–Kier alpha value is -3.75. The maximum Gasteiger partial charge on any atom is 0.471 e. The van der Waals surface area contributed by atoms with E-state index in [4.69, 9.17) is 5.26 Å². The van der Waals surface area contributed by atoms with Crippen LogP contribution in [0.2, 0.25) is 0 Å². The molecule has 0 saturated carbocycles. The van der Waals surface area contributed by atoms with Crippen molar-refractivity contribution in [2.24, 2.45) is 0 Å². The van der Waals surface area contributed by atoms with E-state index in [1.54, 1.807) is 6.07 Å². The first-order valence-electron chi connectivity index (χ1n) is 9.03. The number of carbonyl (C=O) groups is 1. The molecule has 12 heteroatoms. The van der Waals surface area contributed by atoms with Crippen LogP contribution in [0.3, 0.4) is 0 Å². The number of aromatic nitrogens is 1. The maximum atomic E-state index is 13.3. The summed E-state index contributed by atoms with van der Waals surface area (Å²) in [7, 11) is 0. The molecular formula is C19H15F4N5O3. The molecule has 0 aliphatic carbocycles. The first-order chi connectivity index (χ1) is 14.6. The summed E-state index contributed by atoms with van der Waals surface area (Å²) >= 11 is 0. The first-order valence-corrected chi connectivity index (χ1v) is 9.03. The van der Waals surface area contributed by atoms with Crippen LogP contribution < -0.4 is 10.2 Å². The second kappa shape index (κ2) is 8.55. The van der Waals surface area contributed by atoms with E-state index in [0.29, 0.717) is 5.56 Å². The van der Waals surface area contributed by atoms with Crippen LogP contribution in [0.4, 0.5) is 29.1 Å². The molecule has 2 heterocycles. The van der Waals surface area contributed by atoms with Gasteiger partial charge in [0.15, 0.2) is 0 Å². The molecule has 3 rings (SSSR count). The van der Waals surface area contributed by atoms with E-state index in [1.807, 2.05) is 5.32 Å². The van der Waals surface area contributed by atoms with Crippen LogP contribution >= 0.6 is 0 Å². The van der Waals surface area contributed by atoms with Crippen LogP contribution in [0, 0.1) is 27.3 Å². The number of benzene rings is 1. The van der Waals surface area contributed by atoms with Gasteiger partial charge >= 0.3 is 17.8 Å². The molecule has 0 spiro atoms. The zero-order valence-electron chi connectivity index (χ0n) is 15.8. The molecule has 0 radical (unpaired) electrons. The number of nitro groups is 1. The summed E-state index contributed by atoms with van der Waals surface area (Å²) in [5.74, 6) is -3.45. The van der Waals surface area contributed by atoms with Crippen molar-refractivity contribution in [3.05, 3.63) is 63.6 Å². The highest BCUT2D eigenvalue weighted by Gasteiger charge is 2.43. The van der Waals surface area contributed by atoms with Gasteiger partial charge in [0, 0.05) is 25.2 Å². The lowest BCUT2D eigenvalue weighted by atomic mass is 9.85. The van der Waals surface area contributed by atoms with E-state index in [9.17, 15) is 32.5 Å². The molecule has 1 amide bonds. The summed E-state index contributed by atoms with van der Waals surface area (Å²) in [5, 5.41) is 22.6. The van der Waals surface area contributed by atoms with Gasteiger partial charge in [0.05, 0.1) is 11.0 Å². The quantitative estimate of drug-likeness (QED) is 0.447. The van der Waals surface area contributed by atoms with Gasteiger partial charge in [-0.15, -0.1) is 0 Å². The predicted molar refractivity (Wildman–Crippen MR) is 99.6 cm³/mol. The van der Waals surface area contributed by atoms with Gasteiger partial charge in [-0.3, -0.25) is 14.9 Å². The molecule has 0 bridgehead atoms. The Morgan fingerprint density at radius 1 is 1.29 bits per heavy atom. The largest absolute Gasteiger partial charge is 0.471 e. The average molecular weight is 437 g/mol. The van der Waals surface area contributed by atoms with Crippen molar-refractivity contribution in [2.75, 3.05) is 18.0 Å². The van der Waals surface area contributed by atoms with Gasteiger partial charge in [0.25, 0.3) is 0 Å². The summed E-state index contributed by atoms with van der Waals surface area (Å²) in [4.78, 5) is 27.6. The number of halogens is 4. The lowest BCUT2D eigenvalue weighted by Crippen LogP contribution is -2.54. The zero-order valence-corrected chi connectivity index (χ0v) is 15.8. The number of anilines is 1. The highest BCUT2D eigenvalue weighted by Crippen LogP contribution is 2.35. The number of hydrogen-bond donors (Lipinski definition) is 1. The van der Waals surface area contributed by atoms with E-state index in [-0.39, 0.29) is 30.9 Å². The molecule has 162 valence electrons. The summed E-state index contributed by atoms with van der Waals surface area (Å²) in [6.07, 6.45) is -3.74. The first kappa shape index (κ1) is 21.9. The van der Waals surface area contributed by atoms with Crippen LogP contribution in [0.25, 0.3) is 0 Å². The zero-order chi connectivity index (χ0) is 22.8. The number of carbonyl (C=O) groups excluding carboxylic acids is 1. The number of nitrogens with one attached hydrogen (secondary N) is 1. The Bertz CT molecular complexity index is 1040. The normalized spacial score (nSPS) is 18.9. The van der Waals surface area contributed by atoms with Crippen molar-refractivity contribution < 1.29 is 27.3 Å². The summed E-state index contributed by atoms with van der Waals surface area (Å²) < 4.78 is 51.9. The van der Waals surface area contributed by atoms with Crippen LogP contribution in [-0.2, 0) is 4.79 Å². The number of nitriles is 1. The van der Waals surface area contributed by atoms with Gasteiger partial charge in [-0.25, -0.2) is 9.37 Å². The van der Waals surface area contributed by atoms with Crippen LogP contribution in [-0.4, -0.2) is 41.1 Å². The minimum Gasteiger partial charge on any atom is -0.349 e. The molecule has 2 unspecified atom stereocenters. The van der Waals surface area contributed by atoms with Crippen molar-refractivity contribution in [2.45, 2.75) is 24.6 Å². The standard InChI is InChI=1S/C19H15F4N5O3/c20-13-3-1-11(2-4-13)14-6-8-27(10-15(14)26-18(29)19(21,22)23)17-16(28(30)31)12(9-24)5-7-25-17/h1-5,7,14-15H,6,8,10H2,(H,26,29). The van der Waals surface area contributed by atoms with Gasteiger partial charge in [-0.2, -0.15) is 18.4 Å². The third kappa shape index (κ3) is 4.71. The van der Waals surface area contributed by atoms with Gasteiger partial charge in [-0.05, 0) is 30.2 Å².